The molecule has 1 amide bonds. The quantitative estimate of drug-likeness (QED) is 0.833. The second-order valence-corrected chi connectivity index (χ2v) is 8.08. The van der Waals surface area contributed by atoms with Crippen molar-refractivity contribution in [3.05, 3.63) is 48.5 Å². The number of anilines is 1. The summed E-state index contributed by atoms with van der Waals surface area (Å²) in [5.41, 5.74) is 3.01. The van der Waals surface area contributed by atoms with Crippen molar-refractivity contribution in [2.75, 3.05) is 31.6 Å². The standard InChI is InChI=1S/C24H30N2O2/c1-2-12-26-13-10-20-16-24(27)25-22-15-19(18-6-4-3-5-7-18)8-9-23(22)28-14-11-21(20)17-26/h3-9,15,20-21H,2,10-14,16-17H2,1H3,(H,25,27)/t20-,21-/m0/s1. The van der Waals surface area contributed by atoms with E-state index in [1.807, 2.05) is 30.3 Å². The average Bonchev–Trinajstić information content (AvgIpc) is 2.71. The summed E-state index contributed by atoms with van der Waals surface area (Å²) >= 11 is 0. The summed E-state index contributed by atoms with van der Waals surface area (Å²) in [5, 5.41) is 3.13. The van der Waals surface area contributed by atoms with E-state index in [1.165, 1.54) is 6.42 Å². The molecule has 2 heterocycles. The van der Waals surface area contributed by atoms with Crippen molar-refractivity contribution in [2.24, 2.45) is 11.8 Å². The first kappa shape index (κ1) is 19.0. The number of likely N-dealkylation sites (tertiary alicyclic amines) is 1. The molecule has 0 aliphatic carbocycles. The van der Waals surface area contributed by atoms with Crippen LogP contribution in [0.25, 0.3) is 11.1 Å². The van der Waals surface area contributed by atoms with Crippen molar-refractivity contribution in [2.45, 2.75) is 32.6 Å². The lowest BCUT2D eigenvalue weighted by molar-refractivity contribution is -0.118. The fraction of sp³-hybridized carbons (Fsp3) is 0.458. The third-order valence-corrected chi connectivity index (χ3v) is 6.07. The highest BCUT2D eigenvalue weighted by molar-refractivity contribution is 5.93. The van der Waals surface area contributed by atoms with Crippen molar-refractivity contribution in [1.82, 2.24) is 4.90 Å². The van der Waals surface area contributed by atoms with Gasteiger partial charge in [-0.3, -0.25) is 4.79 Å². The first-order valence-corrected chi connectivity index (χ1v) is 10.6. The van der Waals surface area contributed by atoms with Crippen LogP contribution in [-0.4, -0.2) is 37.0 Å². The smallest absolute Gasteiger partial charge is 0.224 e. The Kier molecular flexibility index (Phi) is 5.96. The molecule has 0 aromatic heterocycles. The second kappa shape index (κ2) is 8.78. The number of amides is 1. The zero-order chi connectivity index (χ0) is 19.3. The van der Waals surface area contributed by atoms with E-state index in [9.17, 15) is 4.79 Å². The van der Waals surface area contributed by atoms with Crippen LogP contribution in [0.2, 0.25) is 0 Å². The van der Waals surface area contributed by atoms with E-state index < -0.39 is 0 Å². The summed E-state index contributed by atoms with van der Waals surface area (Å²) in [4.78, 5) is 15.3. The maximum Gasteiger partial charge on any atom is 0.224 e. The summed E-state index contributed by atoms with van der Waals surface area (Å²) in [5.74, 6) is 1.87. The van der Waals surface area contributed by atoms with Crippen LogP contribution in [-0.2, 0) is 4.79 Å². The van der Waals surface area contributed by atoms with E-state index in [-0.39, 0.29) is 5.91 Å². The third kappa shape index (κ3) is 4.39. The zero-order valence-corrected chi connectivity index (χ0v) is 16.7. The largest absolute Gasteiger partial charge is 0.491 e. The van der Waals surface area contributed by atoms with E-state index in [0.717, 1.165) is 55.0 Å². The minimum Gasteiger partial charge on any atom is -0.491 e. The maximum atomic E-state index is 12.8. The van der Waals surface area contributed by atoms with Crippen LogP contribution in [0, 0.1) is 11.8 Å². The van der Waals surface area contributed by atoms with E-state index in [0.29, 0.717) is 24.9 Å². The Morgan fingerprint density at radius 3 is 2.75 bits per heavy atom. The summed E-state index contributed by atoms with van der Waals surface area (Å²) in [6.45, 7) is 6.29. The number of nitrogens with zero attached hydrogens (tertiary/aromatic N) is 1. The molecule has 1 saturated heterocycles. The number of rotatable bonds is 3. The van der Waals surface area contributed by atoms with Gasteiger partial charge in [-0.1, -0.05) is 43.3 Å². The molecular weight excluding hydrogens is 348 g/mol. The second-order valence-electron chi connectivity index (χ2n) is 8.08. The molecule has 148 valence electrons. The van der Waals surface area contributed by atoms with Gasteiger partial charge >= 0.3 is 0 Å². The van der Waals surface area contributed by atoms with Crippen molar-refractivity contribution in [3.63, 3.8) is 0 Å². The normalized spacial score (nSPS) is 23.1. The number of piperidine rings is 1. The Balaban J connectivity index is 1.54. The van der Waals surface area contributed by atoms with Gasteiger partial charge in [0.25, 0.3) is 0 Å². The zero-order valence-electron chi connectivity index (χ0n) is 16.7. The van der Waals surface area contributed by atoms with Gasteiger partial charge in [-0.15, -0.1) is 0 Å². The van der Waals surface area contributed by atoms with E-state index >= 15 is 0 Å². The molecule has 2 aromatic rings. The molecule has 4 heteroatoms. The number of hydrogen-bond acceptors (Lipinski definition) is 3. The number of ether oxygens (including phenoxy) is 1. The van der Waals surface area contributed by atoms with Gasteiger partial charge in [0, 0.05) is 13.0 Å². The van der Waals surface area contributed by atoms with Crippen molar-refractivity contribution < 1.29 is 9.53 Å². The molecule has 28 heavy (non-hydrogen) atoms. The number of carbonyl (C=O) groups excluding carboxylic acids is 1. The van der Waals surface area contributed by atoms with Gasteiger partial charge in [0.15, 0.2) is 0 Å². The Morgan fingerprint density at radius 1 is 1.07 bits per heavy atom. The van der Waals surface area contributed by atoms with Gasteiger partial charge in [-0.2, -0.15) is 0 Å². The Morgan fingerprint density at radius 2 is 1.93 bits per heavy atom. The number of fused-ring (bicyclic) bond motifs is 2. The molecule has 1 fully saturated rings. The first-order valence-electron chi connectivity index (χ1n) is 10.6. The van der Waals surface area contributed by atoms with Gasteiger partial charge in [-0.25, -0.2) is 0 Å². The lowest BCUT2D eigenvalue weighted by Crippen LogP contribution is -2.42. The molecule has 0 unspecified atom stereocenters. The molecular formula is C24H30N2O2. The van der Waals surface area contributed by atoms with Crippen LogP contribution in [0.3, 0.4) is 0 Å². The molecule has 0 radical (unpaired) electrons. The van der Waals surface area contributed by atoms with Gasteiger partial charge in [0.2, 0.25) is 5.91 Å². The lowest BCUT2D eigenvalue weighted by Gasteiger charge is -2.39. The van der Waals surface area contributed by atoms with E-state index in [4.69, 9.17) is 4.74 Å². The molecule has 2 atom stereocenters. The highest BCUT2D eigenvalue weighted by Gasteiger charge is 2.31. The number of carbonyl (C=O) groups is 1. The molecule has 4 rings (SSSR count). The fourth-order valence-electron chi connectivity index (χ4n) is 4.59. The molecule has 2 aliphatic rings. The van der Waals surface area contributed by atoms with Crippen molar-refractivity contribution in [3.8, 4) is 16.9 Å². The Hall–Kier alpha value is -2.33. The summed E-state index contributed by atoms with van der Waals surface area (Å²) < 4.78 is 6.11. The minimum absolute atomic E-state index is 0.107. The molecule has 1 N–H and O–H groups in total. The SMILES string of the molecule is CCCN1CC[C@H]2CC(=O)Nc3cc(-c4ccccc4)ccc3OCC[C@H]2C1. The summed E-state index contributed by atoms with van der Waals surface area (Å²) in [7, 11) is 0. The number of hydrogen-bond donors (Lipinski definition) is 1. The van der Waals surface area contributed by atoms with E-state index in [1.54, 1.807) is 0 Å². The topological polar surface area (TPSA) is 41.6 Å². The third-order valence-electron chi connectivity index (χ3n) is 6.07. The molecule has 0 saturated carbocycles. The van der Waals surface area contributed by atoms with Crippen molar-refractivity contribution >= 4 is 11.6 Å². The van der Waals surface area contributed by atoms with Gasteiger partial charge in [0.1, 0.15) is 5.75 Å². The number of benzene rings is 2. The van der Waals surface area contributed by atoms with E-state index in [2.05, 4.69) is 35.3 Å². The minimum atomic E-state index is 0.107. The molecule has 2 aromatic carbocycles. The van der Waals surface area contributed by atoms with Crippen LogP contribution in [0.1, 0.15) is 32.6 Å². The predicted molar refractivity (Wildman–Crippen MR) is 114 cm³/mol. The average molecular weight is 379 g/mol. The van der Waals surface area contributed by atoms with Crippen LogP contribution in [0.15, 0.2) is 48.5 Å². The monoisotopic (exact) mass is 378 g/mol. The lowest BCUT2D eigenvalue weighted by atomic mass is 9.81. The Labute approximate surface area is 167 Å². The van der Waals surface area contributed by atoms with Gasteiger partial charge < -0.3 is 15.0 Å². The molecule has 0 spiro atoms. The fourth-order valence-corrected chi connectivity index (χ4v) is 4.59. The highest BCUT2D eigenvalue weighted by atomic mass is 16.5. The first-order chi connectivity index (χ1) is 13.7. The van der Waals surface area contributed by atoms with Crippen LogP contribution < -0.4 is 10.1 Å². The van der Waals surface area contributed by atoms with Gasteiger partial charge in [0.05, 0.1) is 12.3 Å². The maximum absolute atomic E-state index is 12.8. The molecule has 0 bridgehead atoms. The van der Waals surface area contributed by atoms with Crippen LogP contribution in [0.4, 0.5) is 5.69 Å². The van der Waals surface area contributed by atoms with Crippen LogP contribution >= 0.6 is 0 Å². The van der Waals surface area contributed by atoms with Crippen LogP contribution in [0.5, 0.6) is 5.75 Å². The summed E-state index contributed by atoms with van der Waals surface area (Å²) in [6, 6.07) is 16.3. The predicted octanol–water partition coefficient (Wildman–Crippen LogP) is 4.81. The van der Waals surface area contributed by atoms with Gasteiger partial charge in [-0.05, 0) is 67.4 Å². The Bertz CT molecular complexity index is 806. The molecule has 2 aliphatic heterocycles. The summed E-state index contributed by atoms with van der Waals surface area (Å²) in [6.07, 6.45) is 3.91. The number of nitrogens with one attached hydrogen (secondary N) is 1. The van der Waals surface area contributed by atoms with Crippen molar-refractivity contribution in [1.29, 1.82) is 0 Å². The molecule has 4 nitrogen and oxygen atoms in total. The highest BCUT2D eigenvalue weighted by Crippen LogP contribution is 2.35.